The molecule has 0 aliphatic rings. The Hall–Kier alpha value is -3.06. The van der Waals surface area contributed by atoms with E-state index in [1.165, 1.54) is 23.5 Å². The van der Waals surface area contributed by atoms with Gasteiger partial charge < -0.3 is 19.8 Å². The smallest absolute Gasteiger partial charge is 0.234 e. The zero-order valence-electron chi connectivity index (χ0n) is 23.3. The number of anilines is 2. The van der Waals surface area contributed by atoms with Crippen LogP contribution in [-0.4, -0.2) is 52.8 Å². The maximum absolute atomic E-state index is 12.4. The predicted molar refractivity (Wildman–Crippen MR) is 170 cm³/mol. The number of thioether (sulfide) groups is 2. The molecule has 2 heterocycles. The van der Waals surface area contributed by atoms with Crippen molar-refractivity contribution < 1.29 is 9.59 Å². The van der Waals surface area contributed by atoms with Crippen molar-refractivity contribution in [1.82, 2.24) is 29.5 Å². The number of nitrogens with zero attached hydrogens (tertiary/aromatic N) is 6. The van der Waals surface area contributed by atoms with Crippen molar-refractivity contribution in [2.45, 2.75) is 62.9 Å². The lowest BCUT2D eigenvalue weighted by Crippen LogP contribution is -2.14. The Balaban J connectivity index is 1.22. The van der Waals surface area contributed by atoms with Crippen molar-refractivity contribution in [3.8, 4) is 0 Å². The van der Waals surface area contributed by atoms with Gasteiger partial charge in [0, 0.05) is 47.4 Å². The van der Waals surface area contributed by atoms with Gasteiger partial charge in [-0.15, -0.1) is 20.4 Å². The van der Waals surface area contributed by atoms with Crippen LogP contribution in [0.2, 0.25) is 10.0 Å². The van der Waals surface area contributed by atoms with Crippen LogP contribution in [0, 0.1) is 0 Å². The first-order valence-electron chi connectivity index (χ1n) is 13.6. The van der Waals surface area contributed by atoms with Gasteiger partial charge in [0.15, 0.2) is 10.3 Å². The molecular formula is C28H32Cl2N8O2S2. The number of halogens is 2. The Labute approximate surface area is 263 Å². The highest BCUT2D eigenvalue weighted by Crippen LogP contribution is 2.22. The van der Waals surface area contributed by atoms with Crippen LogP contribution in [0.25, 0.3) is 0 Å². The molecule has 0 saturated heterocycles. The van der Waals surface area contributed by atoms with Crippen molar-refractivity contribution in [2.75, 3.05) is 22.1 Å². The maximum atomic E-state index is 12.4. The van der Waals surface area contributed by atoms with Gasteiger partial charge in [-0.25, -0.2) is 0 Å². The minimum atomic E-state index is -0.116. The molecule has 0 aliphatic carbocycles. The number of benzene rings is 2. The lowest BCUT2D eigenvalue weighted by atomic mass is 10.2. The van der Waals surface area contributed by atoms with Crippen LogP contribution < -0.4 is 10.6 Å². The molecule has 14 heteroatoms. The van der Waals surface area contributed by atoms with E-state index in [2.05, 4.69) is 40.2 Å². The average Bonchev–Trinajstić information content (AvgIpc) is 3.58. The van der Waals surface area contributed by atoms with E-state index in [0.29, 0.717) is 21.4 Å². The number of carbonyl (C=O) groups is 2. The van der Waals surface area contributed by atoms with Crippen molar-refractivity contribution in [1.29, 1.82) is 0 Å². The summed E-state index contributed by atoms with van der Waals surface area (Å²) < 4.78 is 4.11. The quantitative estimate of drug-likeness (QED) is 0.115. The normalized spacial score (nSPS) is 11.0. The molecule has 0 unspecified atom stereocenters. The van der Waals surface area contributed by atoms with E-state index >= 15 is 0 Å². The Morgan fingerprint density at radius 3 is 1.40 bits per heavy atom. The molecule has 2 amide bonds. The molecule has 10 nitrogen and oxygen atoms in total. The Morgan fingerprint density at radius 1 is 0.667 bits per heavy atom. The minimum absolute atomic E-state index is 0.116. The van der Waals surface area contributed by atoms with Gasteiger partial charge in [0.1, 0.15) is 11.6 Å². The molecule has 0 saturated carbocycles. The predicted octanol–water partition coefficient (Wildman–Crippen LogP) is 6.24. The maximum Gasteiger partial charge on any atom is 0.234 e. The van der Waals surface area contributed by atoms with E-state index in [-0.39, 0.29) is 23.3 Å². The molecular weight excluding hydrogens is 615 g/mol. The fourth-order valence-corrected chi connectivity index (χ4v) is 6.04. The zero-order valence-corrected chi connectivity index (χ0v) is 26.5. The van der Waals surface area contributed by atoms with E-state index in [0.717, 1.165) is 60.7 Å². The molecule has 2 aromatic heterocycles. The molecule has 222 valence electrons. The van der Waals surface area contributed by atoms with Gasteiger partial charge in [-0.2, -0.15) is 0 Å². The van der Waals surface area contributed by atoms with Crippen LogP contribution in [-0.2, 0) is 35.5 Å². The summed E-state index contributed by atoms with van der Waals surface area (Å²) in [4.78, 5) is 24.7. The molecule has 0 fully saturated rings. The molecule has 2 N–H and O–H groups in total. The Morgan fingerprint density at radius 2 is 1.05 bits per heavy atom. The summed E-state index contributed by atoms with van der Waals surface area (Å²) in [6, 6.07) is 14.0. The second-order valence-corrected chi connectivity index (χ2v) is 11.9. The lowest BCUT2D eigenvalue weighted by Gasteiger charge is -2.09. The third-order valence-electron chi connectivity index (χ3n) is 6.19. The van der Waals surface area contributed by atoms with Gasteiger partial charge in [0.05, 0.1) is 11.5 Å². The summed E-state index contributed by atoms with van der Waals surface area (Å²) in [6.07, 6.45) is 3.35. The summed E-state index contributed by atoms with van der Waals surface area (Å²) in [7, 11) is 0. The van der Waals surface area contributed by atoms with Gasteiger partial charge in [0.2, 0.25) is 11.8 Å². The van der Waals surface area contributed by atoms with E-state index in [4.69, 9.17) is 23.2 Å². The van der Waals surface area contributed by atoms with Gasteiger partial charge in [0.25, 0.3) is 0 Å². The third kappa shape index (κ3) is 9.22. The van der Waals surface area contributed by atoms with E-state index in [1.54, 1.807) is 48.5 Å². The molecule has 0 radical (unpaired) electrons. The van der Waals surface area contributed by atoms with Crippen LogP contribution in [0.5, 0.6) is 0 Å². The van der Waals surface area contributed by atoms with Gasteiger partial charge >= 0.3 is 0 Å². The molecule has 4 aromatic rings. The molecule has 2 aromatic carbocycles. The third-order valence-corrected chi connectivity index (χ3v) is 8.63. The van der Waals surface area contributed by atoms with Gasteiger partial charge in [-0.1, -0.05) is 46.7 Å². The van der Waals surface area contributed by atoms with Crippen LogP contribution in [0.3, 0.4) is 0 Å². The van der Waals surface area contributed by atoms with Crippen molar-refractivity contribution in [3.63, 3.8) is 0 Å². The van der Waals surface area contributed by atoms with Crippen LogP contribution in [0.15, 0.2) is 58.8 Å². The lowest BCUT2D eigenvalue weighted by molar-refractivity contribution is -0.114. The number of rotatable bonds is 15. The van der Waals surface area contributed by atoms with E-state index in [1.807, 2.05) is 13.8 Å². The van der Waals surface area contributed by atoms with E-state index in [9.17, 15) is 9.59 Å². The largest absolute Gasteiger partial charge is 0.325 e. The topological polar surface area (TPSA) is 120 Å². The minimum Gasteiger partial charge on any atom is -0.325 e. The molecule has 4 rings (SSSR count). The standard InChI is InChI=1S/C28H32Cl2N8O2S2/c1-3-37-23(33-35-27(37)41-17-25(39)31-21-13-9-19(29)10-14-21)7-5-6-8-24-34-36-28(38(24)4-2)42-18-26(40)32-22-15-11-20(30)12-16-22/h9-16H,3-8,17-18H2,1-2H3,(H,31,39)(H,32,40). The summed E-state index contributed by atoms with van der Waals surface area (Å²) in [5, 5.41) is 25.8. The molecule has 42 heavy (non-hydrogen) atoms. The highest BCUT2D eigenvalue weighted by Gasteiger charge is 2.15. The number of nitrogens with one attached hydrogen (secondary N) is 2. The van der Waals surface area contributed by atoms with E-state index < -0.39 is 0 Å². The second kappa shape index (κ2) is 16.0. The summed E-state index contributed by atoms with van der Waals surface area (Å²) in [5.41, 5.74) is 1.40. The second-order valence-electron chi connectivity index (χ2n) is 9.18. The monoisotopic (exact) mass is 646 g/mol. The zero-order chi connectivity index (χ0) is 29.9. The number of amides is 2. The first-order valence-corrected chi connectivity index (χ1v) is 16.3. The number of hydrogen-bond acceptors (Lipinski definition) is 8. The fraction of sp³-hybridized carbons (Fsp3) is 0.357. The first kappa shape index (κ1) is 31.9. The summed E-state index contributed by atoms with van der Waals surface area (Å²) in [5.74, 6) is 2.03. The molecule has 0 atom stereocenters. The van der Waals surface area contributed by atoms with Crippen LogP contribution in [0.1, 0.15) is 38.3 Å². The number of aryl methyl sites for hydroxylation is 2. The highest BCUT2D eigenvalue weighted by atomic mass is 35.5. The number of carbonyl (C=O) groups excluding carboxylic acids is 2. The molecule has 0 bridgehead atoms. The van der Waals surface area contributed by atoms with Crippen molar-refractivity contribution in [2.24, 2.45) is 0 Å². The summed E-state index contributed by atoms with van der Waals surface area (Å²) >= 11 is 14.5. The Bertz CT molecular complexity index is 1360. The number of aromatic nitrogens is 6. The van der Waals surface area contributed by atoms with Crippen LogP contribution in [0.4, 0.5) is 11.4 Å². The first-order chi connectivity index (χ1) is 20.4. The molecule has 0 spiro atoms. The van der Waals surface area contributed by atoms with Gasteiger partial charge in [-0.05, 0) is 75.2 Å². The van der Waals surface area contributed by atoms with Crippen molar-refractivity contribution >= 4 is 69.9 Å². The molecule has 0 aliphatic heterocycles. The summed E-state index contributed by atoms with van der Waals surface area (Å²) in [6.45, 7) is 5.53. The average molecular weight is 648 g/mol. The van der Waals surface area contributed by atoms with Crippen LogP contribution >= 0.6 is 46.7 Å². The fourth-order valence-electron chi connectivity index (χ4n) is 4.14. The number of hydrogen-bond donors (Lipinski definition) is 2. The van der Waals surface area contributed by atoms with Crippen molar-refractivity contribution in [3.05, 3.63) is 70.2 Å². The van der Waals surface area contributed by atoms with Gasteiger partial charge in [-0.3, -0.25) is 9.59 Å². The number of unbranched alkanes of at least 4 members (excludes halogenated alkanes) is 1. The highest BCUT2D eigenvalue weighted by molar-refractivity contribution is 8.00. The Kier molecular flexibility index (Phi) is 12.1. The SMILES string of the molecule is CCn1c(CCCCc2nnc(SCC(=O)Nc3ccc(Cl)cc3)n2CC)nnc1SCC(=O)Nc1ccc(Cl)cc1.